The highest BCUT2D eigenvalue weighted by Crippen LogP contribution is 2.39. The largest absolute Gasteiger partial charge is 0.326 e. The number of halogens is 1. The van der Waals surface area contributed by atoms with Crippen molar-refractivity contribution in [2.75, 3.05) is 12.3 Å². The third-order valence-electron chi connectivity index (χ3n) is 3.88. The number of aryl methyl sites for hydroxylation is 2. The number of hydrogen-bond acceptors (Lipinski definition) is 3. The Balaban J connectivity index is 1.67. The van der Waals surface area contributed by atoms with Crippen molar-refractivity contribution in [2.24, 2.45) is 0 Å². The predicted molar refractivity (Wildman–Crippen MR) is 95.7 cm³/mol. The minimum absolute atomic E-state index is 0.107. The predicted octanol–water partition coefficient (Wildman–Crippen LogP) is 4.92. The number of carbonyl (C=O) groups excluding carboxylic acids is 1. The molecule has 1 aliphatic heterocycles. The van der Waals surface area contributed by atoms with E-state index in [0.717, 1.165) is 29.3 Å². The van der Waals surface area contributed by atoms with Crippen molar-refractivity contribution >= 4 is 40.6 Å². The van der Waals surface area contributed by atoms with Gasteiger partial charge in [0.2, 0.25) is 5.91 Å². The van der Waals surface area contributed by atoms with Crippen molar-refractivity contribution in [1.82, 2.24) is 4.90 Å². The van der Waals surface area contributed by atoms with Gasteiger partial charge in [0.1, 0.15) is 5.37 Å². The molecule has 0 bridgehead atoms. The zero-order valence-corrected chi connectivity index (χ0v) is 14.8. The van der Waals surface area contributed by atoms with Crippen LogP contribution in [0.5, 0.6) is 0 Å². The smallest absolute Gasteiger partial charge is 0.224 e. The van der Waals surface area contributed by atoms with Crippen LogP contribution in [0.4, 0.5) is 0 Å². The van der Waals surface area contributed by atoms with Gasteiger partial charge in [0.05, 0.1) is 0 Å². The third-order valence-corrected chi connectivity index (χ3v) is 6.46. The summed E-state index contributed by atoms with van der Waals surface area (Å²) in [5, 5.41) is 2.93. The summed E-state index contributed by atoms with van der Waals surface area (Å²) in [6.45, 7) is 2.93. The van der Waals surface area contributed by atoms with Gasteiger partial charge in [-0.3, -0.25) is 4.79 Å². The monoisotopic (exact) mass is 351 g/mol. The minimum atomic E-state index is 0.107. The van der Waals surface area contributed by atoms with Crippen LogP contribution in [0.3, 0.4) is 0 Å². The maximum Gasteiger partial charge on any atom is 0.224 e. The summed E-state index contributed by atoms with van der Waals surface area (Å²) in [6, 6.07) is 9.96. The van der Waals surface area contributed by atoms with Gasteiger partial charge < -0.3 is 4.90 Å². The second-order valence-corrected chi connectivity index (χ2v) is 8.02. The average Bonchev–Trinajstić information content (AvgIpc) is 3.14. The number of thiophene rings is 1. The van der Waals surface area contributed by atoms with Crippen molar-refractivity contribution in [1.29, 1.82) is 0 Å². The summed E-state index contributed by atoms with van der Waals surface area (Å²) < 4.78 is 0. The standard InChI is InChI=1S/C17H18ClNOS2/c1-12-7-9-21-15(12)5-6-16(20)19-8-10-22-17(19)13-3-2-4-14(18)11-13/h2-4,7,9,11,17H,5-6,8,10H2,1H3. The molecule has 0 saturated carbocycles. The van der Waals surface area contributed by atoms with Crippen molar-refractivity contribution in [3.63, 3.8) is 0 Å². The first kappa shape index (κ1) is 15.9. The molecule has 1 amide bonds. The van der Waals surface area contributed by atoms with Gasteiger partial charge in [0.25, 0.3) is 0 Å². The Morgan fingerprint density at radius 2 is 2.27 bits per heavy atom. The van der Waals surface area contributed by atoms with Gasteiger partial charge in [-0.05, 0) is 48.1 Å². The van der Waals surface area contributed by atoms with Crippen molar-refractivity contribution in [3.05, 3.63) is 56.7 Å². The molecule has 2 nitrogen and oxygen atoms in total. The number of rotatable bonds is 4. The molecule has 0 aliphatic carbocycles. The molecule has 0 spiro atoms. The molecule has 1 fully saturated rings. The summed E-state index contributed by atoms with van der Waals surface area (Å²) in [4.78, 5) is 15.9. The molecule has 1 aliphatic rings. The number of nitrogens with zero attached hydrogens (tertiary/aromatic N) is 1. The summed E-state index contributed by atoms with van der Waals surface area (Å²) in [5.41, 5.74) is 2.41. The lowest BCUT2D eigenvalue weighted by molar-refractivity contribution is -0.131. The van der Waals surface area contributed by atoms with E-state index in [1.54, 1.807) is 11.3 Å². The van der Waals surface area contributed by atoms with E-state index in [2.05, 4.69) is 24.4 Å². The summed E-state index contributed by atoms with van der Waals surface area (Å²) in [5.74, 6) is 1.23. The van der Waals surface area contributed by atoms with Crippen LogP contribution in [0.2, 0.25) is 5.02 Å². The first-order chi connectivity index (χ1) is 10.6. The fourth-order valence-electron chi connectivity index (χ4n) is 2.69. The van der Waals surface area contributed by atoms with Gasteiger partial charge in [-0.2, -0.15) is 0 Å². The Morgan fingerprint density at radius 3 is 3.00 bits per heavy atom. The maximum absolute atomic E-state index is 12.6. The maximum atomic E-state index is 12.6. The molecule has 1 aromatic heterocycles. The molecule has 22 heavy (non-hydrogen) atoms. The van der Waals surface area contributed by atoms with Gasteiger partial charge in [-0.1, -0.05) is 23.7 Å². The Labute approximate surface area is 144 Å². The molecule has 1 aromatic carbocycles. The fraction of sp³-hybridized carbons (Fsp3) is 0.353. The third kappa shape index (κ3) is 3.50. The molecule has 0 N–H and O–H groups in total. The molecule has 1 saturated heterocycles. The highest BCUT2D eigenvalue weighted by Gasteiger charge is 2.30. The summed E-state index contributed by atoms with van der Waals surface area (Å²) >= 11 is 9.64. The minimum Gasteiger partial charge on any atom is -0.326 e. The molecule has 1 unspecified atom stereocenters. The van der Waals surface area contributed by atoms with Crippen molar-refractivity contribution < 1.29 is 4.79 Å². The quantitative estimate of drug-likeness (QED) is 0.779. The molecule has 2 heterocycles. The molecule has 3 rings (SSSR count). The highest BCUT2D eigenvalue weighted by atomic mass is 35.5. The van der Waals surface area contributed by atoms with Crippen molar-refractivity contribution in [3.8, 4) is 0 Å². The number of carbonyl (C=O) groups is 1. The summed E-state index contributed by atoms with van der Waals surface area (Å²) in [6.07, 6.45) is 1.42. The molecule has 5 heteroatoms. The van der Waals surface area contributed by atoms with Crippen LogP contribution in [-0.4, -0.2) is 23.1 Å². The van der Waals surface area contributed by atoms with Crippen LogP contribution < -0.4 is 0 Å². The van der Waals surface area contributed by atoms with E-state index < -0.39 is 0 Å². The SMILES string of the molecule is Cc1ccsc1CCC(=O)N1CCSC1c1cccc(Cl)c1. The Hall–Kier alpha value is -0.970. The molecule has 0 radical (unpaired) electrons. The van der Waals surface area contributed by atoms with Gasteiger partial charge in [-0.15, -0.1) is 23.1 Å². The Kier molecular flexibility index (Phi) is 5.11. The Bertz CT molecular complexity index is 670. The number of hydrogen-bond donors (Lipinski definition) is 0. The first-order valence-electron chi connectivity index (χ1n) is 7.34. The van der Waals surface area contributed by atoms with Crippen LogP contribution in [-0.2, 0) is 11.2 Å². The molecule has 116 valence electrons. The second-order valence-electron chi connectivity index (χ2n) is 5.39. The van der Waals surface area contributed by atoms with E-state index >= 15 is 0 Å². The van der Waals surface area contributed by atoms with Gasteiger partial charge in [0, 0.05) is 28.6 Å². The molecular weight excluding hydrogens is 334 g/mol. The van der Waals surface area contributed by atoms with E-state index in [1.807, 2.05) is 34.9 Å². The van der Waals surface area contributed by atoms with Crippen LogP contribution in [0, 0.1) is 6.92 Å². The Morgan fingerprint density at radius 1 is 1.41 bits per heavy atom. The average molecular weight is 352 g/mol. The number of thioether (sulfide) groups is 1. The van der Waals surface area contributed by atoms with E-state index in [4.69, 9.17) is 11.6 Å². The highest BCUT2D eigenvalue weighted by molar-refractivity contribution is 7.99. The van der Waals surface area contributed by atoms with E-state index in [1.165, 1.54) is 10.4 Å². The number of benzene rings is 1. The van der Waals surface area contributed by atoms with Gasteiger partial charge in [-0.25, -0.2) is 0 Å². The van der Waals surface area contributed by atoms with Crippen LogP contribution in [0.1, 0.15) is 27.8 Å². The zero-order valence-electron chi connectivity index (χ0n) is 12.4. The lowest BCUT2D eigenvalue weighted by Crippen LogP contribution is -2.30. The lowest BCUT2D eigenvalue weighted by Gasteiger charge is -2.24. The second kappa shape index (κ2) is 7.07. The van der Waals surface area contributed by atoms with Crippen molar-refractivity contribution in [2.45, 2.75) is 25.1 Å². The first-order valence-corrected chi connectivity index (χ1v) is 9.65. The zero-order chi connectivity index (χ0) is 15.5. The molecular formula is C17H18ClNOS2. The van der Waals surface area contributed by atoms with E-state index in [-0.39, 0.29) is 11.3 Å². The lowest BCUT2D eigenvalue weighted by atomic mass is 10.1. The van der Waals surface area contributed by atoms with E-state index in [9.17, 15) is 4.79 Å². The topological polar surface area (TPSA) is 20.3 Å². The summed E-state index contributed by atoms with van der Waals surface area (Å²) in [7, 11) is 0. The number of amides is 1. The van der Waals surface area contributed by atoms with Gasteiger partial charge in [0.15, 0.2) is 0 Å². The normalized spacial score (nSPS) is 17.9. The van der Waals surface area contributed by atoms with Crippen LogP contribution in [0.25, 0.3) is 0 Å². The fourth-order valence-corrected chi connectivity index (χ4v) is 5.06. The van der Waals surface area contributed by atoms with Crippen LogP contribution in [0.15, 0.2) is 35.7 Å². The van der Waals surface area contributed by atoms with Crippen LogP contribution >= 0.6 is 34.7 Å². The molecule has 2 aromatic rings. The van der Waals surface area contributed by atoms with Gasteiger partial charge >= 0.3 is 0 Å². The van der Waals surface area contributed by atoms with E-state index in [0.29, 0.717) is 6.42 Å². The molecule has 1 atom stereocenters.